The highest BCUT2D eigenvalue weighted by Gasteiger charge is 2.05. The minimum atomic E-state index is -0.309. The van der Waals surface area contributed by atoms with Crippen LogP contribution in [0.4, 0.5) is 0 Å². The number of benzene rings is 1. The molecule has 0 atom stereocenters. The third kappa shape index (κ3) is 2.75. The number of esters is 1. The Hall–Kier alpha value is -1.57. The molecule has 0 amide bonds. The van der Waals surface area contributed by atoms with E-state index < -0.39 is 0 Å². The molecule has 13 heavy (non-hydrogen) atoms. The summed E-state index contributed by atoms with van der Waals surface area (Å²) < 4.78 is 5.01. The first-order chi connectivity index (χ1) is 6.24. The lowest BCUT2D eigenvalue weighted by Gasteiger charge is -2.02. The van der Waals surface area contributed by atoms with Crippen molar-refractivity contribution in [2.45, 2.75) is 13.8 Å². The molecule has 0 heterocycles. The molecule has 0 spiro atoms. The van der Waals surface area contributed by atoms with Crippen molar-refractivity contribution in [3.05, 3.63) is 47.7 Å². The second-order valence-electron chi connectivity index (χ2n) is 2.65. The lowest BCUT2D eigenvalue weighted by atomic mass is 10.2. The number of rotatable bonds is 2. The molecule has 68 valence electrons. The van der Waals surface area contributed by atoms with E-state index in [1.165, 1.54) is 0 Å². The fourth-order valence-corrected chi connectivity index (χ4v) is 0.838. The summed E-state index contributed by atoms with van der Waals surface area (Å²) in [6.45, 7) is 3.58. The van der Waals surface area contributed by atoms with Crippen molar-refractivity contribution in [2.24, 2.45) is 0 Å². The average Bonchev–Trinajstić information content (AvgIpc) is 2.19. The van der Waals surface area contributed by atoms with E-state index in [2.05, 4.69) is 0 Å². The quantitative estimate of drug-likeness (QED) is 0.511. The smallest absolute Gasteiger partial charge is 0.343 e. The molecule has 0 bridgehead atoms. The molecule has 0 aromatic heterocycles. The molecule has 0 aliphatic rings. The average molecular weight is 176 g/mol. The van der Waals surface area contributed by atoms with Crippen molar-refractivity contribution in [1.82, 2.24) is 0 Å². The zero-order valence-corrected chi connectivity index (χ0v) is 7.78. The number of allylic oxidation sites excluding steroid dienone is 2. The molecular weight excluding hydrogens is 164 g/mol. The highest BCUT2D eigenvalue weighted by Crippen LogP contribution is 2.04. The Labute approximate surface area is 77.8 Å². The third-order valence-corrected chi connectivity index (χ3v) is 1.67. The van der Waals surface area contributed by atoms with Crippen LogP contribution < -0.4 is 0 Å². The largest absolute Gasteiger partial charge is 0.428 e. The van der Waals surface area contributed by atoms with Gasteiger partial charge in [-0.25, -0.2) is 4.79 Å². The number of hydrogen-bond donors (Lipinski definition) is 0. The van der Waals surface area contributed by atoms with Crippen LogP contribution in [0.1, 0.15) is 24.2 Å². The molecule has 0 aliphatic heterocycles. The SMILES string of the molecule is CC=C(C)OC(=O)c1ccccc1. The maximum absolute atomic E-state index is 11.4. The van der Waals surface area contributed by atoms with E-state index in [1.807, 2.05) is 25.1 Å². The van der Waals surface area contributed by atoms with Crippen molar-refractivity contribution in [3.63, 3.8) is 0 Å². The van der Waals surface area contributed by atoms with Gasteiger partial charge in [-0.2, -0.15) is 0 Å². The van der Waals surface area contributed by atoms with Gasteiger partial charge in [0.15, 0.2) is 0 Å². The normalized spacial score (nSPS) is 11.1. The number of carbonyl (C=O) groups is 1. The maximum atomic E-state index is 11.4. The van der Waals surface area contributed by atoms with Crippen LogP contribution in [-0.4, -0.2) is 5.97 Å². The molecule has 0 unspecified atom stereocenters. The van der Waals surface area contributed by atoms with E-state index in [9.17, 15) is 4.79 Å². The van der Waals surface area contributed by atoms with Crippen LogP contribution in [0, 0.1) is 0 Å². The molecule has 2 nitrogen and oxygen atoms in total. The number of carbonyl (C=O) groups excluding carboxylic acids is 1. The van der Waals surface area contributed by atoms with Gasteiger partial charge in [-0.3, -0.25) is 0 Å². The molecule has 0 fully saturated rings. The highest BCUT2D eigenvalue weighted by molar-refractivity contribution is 5.89. The van der Waals surface area contributed by atoms with Gasteiger partial charge in [0.05, 0.1) is 5.56 Å². The van der Waals surface area contributed by atoms with E-state index in [0.717, 1.165) is 0 Å². The molecule has 0 radical (unpaired) electrons. The van der Waals surface area contributed by atoms with Gasteiger partial charge in [0, 0.05) is 0 Å². The van der Waals surface area contributed by atoms with Gasteiger partial charge >= 0.3 is 5.97 Å². The Morgan fingerprint density at radius 2 is 1.92 bits per heavy atom. The predicted octanol–water partition coefficient (Wildman–Crippen LogP) is 2.77. The van der Waals surface area contributed by atoms with Crippen LogP contribution in [0.25, 0.3) is 0 Å². The molecule has 0 N–H and O–H groups in total. The lowest BCUT2D eigenvalue weighted by Crippen LogP contribution is -2.02. The molecule has 2 heteroatoms. The fraction of sp³-hybridized carbons (Fsp3) is 0.182. The number of hydrogen-bond acceptors (Lipinski definition) is 2. The van der Waals surface area contributed by atoms with E-state index in [4.69, 9.17) is 4.74 Å². The summed E-state index contributed by atoms with van der Waals surface area (Å²) in [6.07, 6.45) is 1.75. The zero-order valence-electron chi connectivity index (χ0n) is 7.78. The molecule has 0 saturated carbocycles. The van der Waals surface area contributed by atoms with Gasteiger partial charge in [0.25, 0.3) is 0 Å². The Morgan fingerprint density at radius 3 is 2.46 bits per heavy atom. The Balaban J connectivity index is 2.70. The predicted molar refractivity (Wildman–Crippen MR) is 51.3 cm³/mol. The van der Waals surface area contributed by atoms with Crippen molar-refractivity contribution in [2.75, 3.05) is 0 Å². The molecule has 0 saturated heterocycles. The Morgan fingerprint density at radius 1 is 1.31 bits per heavy atom. The molecule has 1 aromatic rings. The summed E-state index contributed by atoms with van der Waals surface area (Å²) in [6, 6.07) is 8.93. The van der Waals surface area contributed by atoms with Gasteiger partial charge in [-0.1, -0.05) is 18.2 Å². The zero-order chi connectivity index (χ0) is 9.68. The van der Waals surface area contributed by atoms with Gasteiger partial charge in [-0.15, -0.1) is 0 Å². The van der Waals surface area contributed by atoms with Gasteiger partial charge < -0.3 is 4.74 Å². The van der Waals surface area contributed by atoms with Crippen molar-refractivity contribution >= 4 is 5.97 Å². The monoisotopic (exact) mass is 176 g/mol. The van der Waals surface area contributed by atoms with Gasteiger partial charge in [0.2, 0.25) is 0 Å². The first kappa shape index (κ1) is 9.52. The summed E-state index contributed by atoms with van der Waals surface area (Å²) in [5.41, 5.74) is 0.573. The van der Waals surface area contributed by atoms with Crippen molar-refractivity contribution in [1.29, 1.82) is 0 Å². The summed E-state index contributed by atoms with van der Waals surface area (Å²) in [7, 11) is 0. The second-order valence-corrected chi connectivity index (χ2v) is 2.65. The van der Waals surface area contributed by atoms with Crippen LogP contribution in [0.3, 0.4) is 0 Å². The van der Waals surface area contributed by atoms with E-state index in [-0.39, 0.29) is 5.97 Å². The minimum Gasteiger partial charge on any atom is -0.428 e. The van der Waals surface area contributed by atoms with Gasteiger partial charge in [-0.05, 0) is 32.1 Å². The van der Waals surface area contributed by atoms with Crippen LogP contribution in [0.2, 0.25) is 0 Å². The Kier molecular flexibility index (Phi) is 3.26. The van der Waals surface area contributed by atoms with Crippen LogP contribution in [-0.2, 0) is 4.74 Å². The minimum absolute atomic E-state index is 0.309. The van der Waals surface area contributed by atoms with Crippen molar-refractivity contribution in [3.8, 4) is 0 Å². The van der Waals surface area contributed by atoms with Crippen molar-refractivity contribution < 1.29 is 9.53 Å². The Bertz CT molecular complexity index is 312. The number of ether oxygens (including phenoxy) is 1. The highest BCUT2D eigenvalue weighted by atomic mass is 16.5. The topological polar surface area (TPSA) is 26.3 Å². The molecule has 0 aliphatic carbocycles. The summed E-state index contributed by atoms with van der Waals surface area (Å²) in [5, 5.41) is 0. The van der Waals surface area contributed by atoms with E-state index in [1.54, 1.807) is 25.1 Å². The van der Waals surface area contributed by atoms with Crippen LogP contribution >= 0.6 is 0 Å². The summed E-state index contributed by atoms with van der Waals surface area (Å²) in [5.74, 6) is 0.310. The van der Waals surface area contributed by atoms with Crippen LogP contribution in [0.15, 0.2) is 42.2 Å². The maximum Gasteiger partial charge on any atom is 0.343 e. The first-order valence-corrected chi connectivity index (χ1v) is 4.14. The second kappa shape index (κ2) is 4.45. The lowest BCUT2D eigenvalue weighted by molar-refractivity contribution is 0.0625. The summed E-state index contributed by atoms with van der Waals surface area (Å²) in [4.78, 5) is 11.4. The van der Waals surface area contributed by atoms with E-state index in [0.29, 0.717) is 11.3 Å². The standard InChI is InChI=1S/C11H12O2/c1-3-9(2)13-11(12)10-7-5-4-6-8-10/h3-8H,1-2H3. The van der Waals surface area contributed by atoms with Gasteiger partial charge in [0.1, 0.15) is 5.76 Å². The summed E-state index contributed by atoms with van der Waals surface area (Å²) >= 11 is 0. The molecule has 1 aromatic carbocycles. The molecular formula is C11H12O2. The molecule has 1 rings (SSSR count). The van der Waals surface area contributed by atoms with E-state index >= 15 is 0 Å². The third-order valence-electron chi connectivity index (χ3n) is 1.67. The van der Waals surface area contributed by atoms with Crippen LogP contribution in [0.5, 0.6) is 0 Å². The fourth-order valence-electron chi connectivity index (χ4n) is 0.838. The first-order valence-electron chi connectivity index (χ1n) is 4.14.